The molecule has 1 saturated heterocycles. The first-order chi connectivity index (χ1) is 19.0. The van der Waals surface area contributed by atoms with Gasteiger partial charge in [0.2, 0.25) is 0 Å². The topological polar surface area (TPSA) is 68.7 Å². The summed E-state index contributed by atoms with van der Waals surface area (Å²) in [4.78, 5) is 7.73. The molecule has 3 aromatic rings. The highest BCUT2D eigenvalue weighted by molar-refractivity contribution is 7.92. The molecule has 6 nitrogen and oxygen atoms in total. The molecule has 2 heterocycles. The van der Waals surface area contributed by atoms with Gasteiger partial charge in [-0.25, -0.2) is 13.4 Å². The summed E-state index contributed by atoms with van der Waals surface area (Å²) in [6.45, 7) is 14.1. The fraction of sp³-hybridized carbons (Fsp3) is 0.531. The number of anilines is 1. The van der Waals surface area contributed by atoms with Gasteiger partial charge in [-0.15, -0.1) is 11.3 Å². The normalized spacial score (nSPS) is 14.9. The Morgan fingerprint density at radius 2 is 1.55 bits per heavy atom. The molecule has 0 N–H and O–H groups in total. The molecule has 40 heavy (non-hydrogen) atoms. The van der Waals surface area contributed by atoms with Crippen LogP contribution in [0.15, 0.2) is 40.6 Å². The van der Waals surface area contributed by atoms with Crippen LogP contribution in [0.5, 0.6) is 11.5 Å². The van der Waals surface area contributed by atoms with Crippen molar-refractivity contribution in [2.24, 2.45) is 0 Å². The van der Waals surface area contributed by atoms with Gasteiger partial charge >= 0.3 is 0 Å². The summed E-state index contributed by atoms with van der Waals surface area (Å²) in [6, 6.07) is 10.1. The van der Waals surface area contributed by atoms with Crippen molar-refractivity contribution in [2.45, 2.75) is 88.7 Å². The van der Waals surface area contributed by atoms with E-state index in [0.717, 1.165) is 39.0 Å². The van der Waals surface area contributed by atoms with E-state index in [-0.39, 0.29) is 17.1 Å². The van der Waals surface area contributed by atoms with Crippen molar-refractivity contribution in [3.63, 3.8) is 0 Å². The molecule has 0 radical (unpaired) electrons. The first-order valence-corrected chi connectivity index (χ1v) is 16.7. The number of thiazole rings is 1. The summed E-state index contributed by atoms with van der Waals surface area (Å²) >= 11 is 1.62. The zero-order valence-corrected chi connectivity index (χ0v) is 26.8. The Morgan fingerprint density at radius 3 is 2.08 bits per heavy atom. The highest BCUT2D eigenvalue weighted by atomic mass is 32.2. The molecular weight excluding hydrogens is 540 g/mol. The Morgan fingerprint density at radius 1 is 0.925 bits per heavy atom. The number of benzene rings is 2. The fourth-order valence-corrected chi connectivity index (χ4v) is 8.75. The van der Waals surface area contributed by atoms with E-state index in [1.165, 1.54) is 5.56 Å². The van der Waals surface area contributed by atoms with Crippen LogP contribution in [0.1, 0.15) is 100 Å². The maximum absolute atomic E-state index is 14.2. The van der Waals surface area contributed by atoms with Crippen molar-refractivity contribution < 1.29 is 17.9 Å². The molecule has 0 spiro atoms. The summed E-state index contributed by atoms with van der Waals surface area (Å²) in [5.41, 5.74) is 5.18. The second-order valence-corrected chi connectivity index (χ2v) is 14.7. The zero-order valence-electron chi connectivity index (χ0n) is 25.2. The lowest BCUT2D eigenvalue weighted by Crippen LogP contribution is -2.40. The largest absolute Gasteiger partial charge is 0.497 e. The third-order valence-electron chi connectivity index (χ3n) is 7.92. The quantitative estimate of drug-likeness (QED) is 0.245. The van der Waals surface area contributed by atoms with Crippen molar-refractivity contribution >= 4 is 26.3 Å². The van der Waals surface area contributed by atoms with E-state index >= 15 is 0 Å². The minimum atomic E-state index is -3.48. The highest BCUT2D eigenvalue weighted by Crippen LogP contribution is 2.39. The number of nitrogens with zero attached hydrogens (tertiary/aromatic N) is 2. The number of rotatable bonds is 10. The third kappa shape index (κ3) is 6.33. The van der Waals surface area contributed by atoms with E-state index in [1.807, 2.05) is 18.2 Å². The first kappa shape index (κ1) is 30.4. The highest BCUT2D eigenvalue weighted by Gasteiger charge is 2.36. The summed E-state index contributed by atoms with van der Waals surface area (Å²) < 4.78 is 39.3. The molecule has 1 aliphatic heterocycles. The second kappa shape index (κ2) is 12.5. The van der Waals surface area contributed by atoms with Crippen LogP contribution in [0.3, 0.4) is 0 Å². The molecular formula is C32H44N2O4S2. The van der Waals surface area contributed by atoms with Crippen LogP contribution in [0.4, 0.5) is 5.13 Å². The molecule has 0 unspecified atom stereocenters. The number of hydrogen-bond acceptors (Lipinski definition) is 7. The lowest BCUT2D eigenvalue weighted by atomic mass is 9.89. The molecule has 0 atom stereocenters. The van der Waals surface area contributed by atoms with Gasteiger partial charge in [-0.2, -0.15) is 0 Å². The van der Waals surface area contributed by atoms with Crippen molar-refractivity contribution in [1.29, 1.82) is 0 Å². The number of methoxy groups -OCH3 is 2. The van der Waals surface area contributed by atoms with Crippen LogP contribution in [0.2, 0.25) is 0 Å². The molecule has 0 amide bonds. The Hall–Kier alpha value is -2.58. The minimum absolute atomic E-state index is 0.138. The standard InChI is InChI=1S/C32H44N2O4S2/c1-20(2)24-16-28(21(3)4)31(29(17-24)22(5)6)40(35,36)27-11-13-34(14-12-27)32-33-25(19-39-32)15-23-9-10-26(37-7)18-30(23)38-8/h9-10,16-22,27H,11-15H2,1-8H3. The fourth-order valence-electron chi connectivity index (χ4n) is 5.46. The van der Waals surface area contributed by atoms with E-state index in [1.54, 1.807) is 25.6 Å². The molecule has 4 rings (SSSR count). The zero-order chi connectivity index (χ0) is 29.2. The van der Waals surface area contributed by atoms with E-state index in [0.29, 0.717) is 43.2 Å². The number of hydrogen-bond donors (Lipinski definition) is 0. The molecule has 0 saturated carbocycles. The van der Waals surface area contributed by atoms with Crippen LogP contribution in [-0.2, 0) is 16.3 Å². The maximum Gasteiger partial charge on any atom is 0.185 e. The van der Waals surface area contributed by atoms with Crippen LogP contribution < -0.4 is 14.4 Å². The molecule has 0 aliphatic carbocycles. The Kier molecular flexibility index (Phi) is 9.51. The van der Waals surface area contributed by atoms with Crippen molar-refractivity contribution in [3.05, 3.63) is 63.7 Å². The van der Waals surface area contributed by atoms with E-state index in [4.69, 9.17) is 14.5 Å². The average molecular weight is 585 g/mol. The van der Waals surface area contributed by atoms with Gasteiger partial charge in [0.05, 0.1) is 30.1 Å². The maximum atomic E-state index is 14.2. The summed E-state index contributed by atoms with van der Waals surface area (Å²) in [6.07, 6.45) is 1.87. The summed E-state index contributed by atoms with van der Waals surface area (Å²) in [7, 11) is -0.172. The lowest BCUT2D eigenvalue weighted by molar-refractivity contribution is 0.391. The molecule has 0 bridgehead atoms. The smallest absolute Gasteiger partial charge is 0.185 e. The van der Waals surface area contributed by atoms with Gasteiger partial charge < -0.3 is 14.4 Å². The van der Waals surface area contributed by atoms with Gasteiger partial charge in [0.25, 0.3) is 0 Å². The summed E-state index contributed by atoms with van der Waals surface area (Å²) in [5.74, 6) is 2.17. The first-order valence-electron chi connectivity index (χ1n) is 14.3. The third-order valence-corrected chi connectivity index (χ3v) is 11.3. The average Bonchev–Trinajstić information content (AvgIpc) is 3.40. The summed E-state index contributed by atoms with van der Waals surface area (Å²) in [5, 5.41) is 2.65. The predicted molar refractivity (Wildman–Crippen MR) is 166 cm³/mol. The number of piperidine rings is 1. The molecule has 1 aromatic heterocycles. The van der Waals surface area contributed by atoms with E-state index in [2.05, 4.69) is 64.0 Å². The molecule has 2 aromatic carbocycles. The number of ether oxygens (including phenoxy) is 2. The Balaban J connectivity index is 1.52. The van der Waals surface area contributed by atoms with Crippen molar-refractivity contribution in [3.8, 4) is 11.5 Å². The van der Waals surface area contributed by atoms with Crippen molar-refractivity contribution in [1.82, 2.24) is 4.98 Å². The predicted octanol–water partition coefficient (Wildman–Crippen LogP) is 7.56. The Bertz CT molecular complexity index is 1390. The van der Waals surface area contributed by atoms with Gasteiger partial charge in [-0.05, 0) is 53.4 Å². The molecule has 1 aliphatic rings. The van der Waals surface area contributed by atoms with Crippen LogP contribution in [-0.4, -0.2) is 46.0 Å². The Labute approximate surface area is 244 Å². The lowest BCUT2D eigenvalue weighted by Gasteiger charge is -2.33. The molecule has 218 valence electrons. The monoisotopic (exact) mass is 584 g/mol. The van der Waals surface area contributed by atoms with Crippen molar-refractivity contribution in [2.75, 3.05) is 32.2 Å². The number of aromatic nitrogens is 1. The number of sulfone groups is 1. The second-order valence-electron chi connectivity index (χ2n) is 11.7. The van der Waals surface area contributed by atoms with Gasteiger partial charge in [0.1, 0.15) is 11.5 Å². The van der Waals surface area contributed by atoms with Gasteiger partial charge in [-0.1, -0.05) is 59.7 Å². The van der Waals surface area contributed by atoms with E-state index < -0.39 is 9.84 Å². The minimum Gasteiger partial charge on any atom is -0.497 e. The van der Waals surface area contributed by atoms with Gasteiger partial charge in [-0.3, -0.25) is 0 Å². The van der Waals surface area contributed by atoms with E-state index in [9.17, 15) is 8.42 Å². The van der Waals surface area contributed by atoms with Crippen LogP contribution >= 0.6 is 11.3 Å². The molecule has 8 heteroatoms. The van der Waals surface area contributed by atoms with Gasteiger partial charge in [0, 0.05) is 36.5 Å². The van der Waals surface area contributed by atoms with Gasteiger partial charge in [0.15, 0.2) is 15.0 Å². The van der Waals surface area contributed by atoms with Crippen LogP contribution in [0.25, 0.3) is 0 Å². The SMILES string of the molecule is COc1ccc(Cc2csc(N3CCC(S(=O)(=O)c4c(C(C)C)cc(C(C)C)cc4C(C)C)CC3)n2)c(OC)c1. The van der Waals surface area contributed by atoms with Crippen LogP contribution in [0, 0.1) is 0 Å². The molecule has 1 fully saturated rings.